The smallest absolute Gasteiger partial charge is 0.153 e. The molecule has 1 fully saturated rings. The molecule has 0 radical (unpaired) electrons. The standard InChI is InChI=1S/C20H19F2N7/c1-28-10-12(5-25-28)14-6-24-7-15(19(14)29-8-11(4-23)9-29)20-26-17-3-13(21)2-16(22)18(17)27-20/h2-3,5-7,10-11H,4,8-9,23H2,1H3,(H,26,27). The molecule has 1 aliphatic heterocycles. The fourth-order valence-corrected chi connectivity index (χ4v) is 3.81. The topological polar surface area (TPSA) is 88.7 Å². The number of hydrogen-bond donors (Lipinski definition) is 2. The molecule has 0 spiro atoms. The molecular formula is C20H19F2N7. The Labute approximate surface area is 165 Å². The van der Waals surface area contributed by atoms with Gasteiger partial charge in [-0.3, -0.25) is 9.67 Å². The predicted octanol–water partition coefficient (Wildman–Crippen LogP) is 2.70. The van der Waals surface area contributed by atoms with E-state index in [2.05, 4.69) is 25.0 Å². The van der Waals surface area contributed by atoms with Crippen LogP contribution in [0.25, 0.3) is 33.5 Å². The van der Waals surface area contributed by atoms with Crippen molar-refractivity contribution >= 4 is 16.7 Å². The lowest BCUT2D eigenvalue weighted by Gasteiger charge is -2.42. The number of nitrogens with one attached hydrogen (secondary N) is 1. The van der Waals surface area contributed by atoms with Gasteiger partial charge in [-0.15, -0.1) is 0 Å². The fraction of sp³-hybridized carbons (Fsp3) is 0.250. The van der Waals surface area contributed by atoms with Crippen molar-refractivity contribution in [2.75, 3.05) is 24.5 Å². The molecule has 0 saturated carbocycles. The third kappa shape index (κ3) is 2.94. The van der Waals surface area contributed by atoms with Crippen LogP contribution >= 0.6 is 0 Å². The molecule has 5 rings (SSSR count). The number of fused-ring (bicyclic) bond motifs is 1. The SMILES string of the molecule is Cn1cc(-c2cncc(-c3nc4c(F)cc(F)cc4[nH]3)c2N2CC(CN)C2)cn1. The van der Waals surface area contributed by atoms with Crippen LogP contribution in [0.3, 0.4) is 0 Å². The number of aromatic amines is 1. The highest BCUT2D eigenvalue weighted by Gasteiger charge is 2.31. The number of H-pyrrole nitrogens is 1. The number of benzene rings is 1. The number of nitrogens with two attached hydrogens (primary N) is 1. The highest BCUT2D eigenvalue weighted by atomic mass is 19.1. The lowest BCUT2D eigenvalue weighted by molar-refractivity contribution is 0.421. The number of aryl methyl sites for hydroxylation is 1. The minimum Gasteiger partial charge on any atom is -0.370 e. The van der Waals surface area contributed by atoms with Crippen LogP contribution in [0.15, 0.2) is 36.9 Å². The van der Waals surface area contributed by atoms with Crippen LogP contribution in [-0.2, 0) is 7.05 Å². The Morgan fingerprint density at radius 1 is 1.17 bits per heavy atom. The molecule has 148 valence electrons. The number of rotatable bonds is 4. The molecule has 1 aliphatic rings. The van der Waals surface area contributed by atoms with Crippen LogP contribution in [0.4, 0.5) is 14.5 Å². The first kappa shape index (κ1) is 17.7. The van der Waals surface area contributed by atoms with Gasteiger partial charge in [-0.25, -0.2) is 13.8 Å². The van der Waals surface area contributed by atoms with Crippen molar-refractivity contribution in [2.24, 2.45) is 18.7 Å². The van der Waals surface area contributed by atoms with Crippen LogP contribution < -0.4 is 10.6 Å². The Morgan fingerprint density at radius 2 is 1.97 bits per heavy atom. The number of imidazole rings is 1. The largest absolute Gasteiger partial charge is 0.370 e. The predicted molar refractivity (Wildman–Crippen MR) is 106 cm³/mol. The van der Waals surface area contributed by atoms with Crippen LogP contribution in [0.2, 0.25) is 0 Å². The number of nitrogens with zero attached hydrogens (tertiary/aromatic N) is 5. The molecule has 3 N–H and O–H groups in total. The molecule has 0 unspecified atom stereocenters. The molecule has 3 aromatic heterocycles. The van der Waals surface area contributed by atoms with Gasteiger partial charge in [0.25, 0.3) is 0 Å². The van der Waals surface area contributed by atoms with E-state index in [0.29, 0.717) is 23.8 Å². The summed E-state index contributed by atoms with van der Waals surface area (Å²) in [5, 5.41) is 4.26. The highest BCUT2D eigenvalue weighted by molar-refractivity contribution is 5.91. The van der Waals surface area contributed by atoms with Gasteiger partial charge < -0.3 is 15.6 Å². The zero-order valence-electron chi connectivity index (χ0n) is 15.7. The summed E-state index contributed by atoms with van der Waals surface area (Å²) in [6.07, 6.45) is 7.17. The molecule has 4 aromatic rings. The number of aromatic nitrogens is 5. The van der Waals surface area contributed by atoms with E-state index in [1.54, 1.807) is 23.3 Å². The minimum absolute atomic E-state index is 0.0996. The average molecular weight is 395 g/mol. The second kappa shape index (κ2) is 6.63. The summed E-state index contributed by atoms with van der Waals surface area (Å²) in [6.45, 7) is 2.24. The van der Waals surface area contributed by atoms with Crippen molar-refractivity contribution < 1.29 is 8.78 Å². The Kier molecular flexibility index (Phi) is 4.06. The molecule has 1 saturated heterocycles. The van der Waals surface area contributed by atoms with Gasteiger partial charge in [0.05, 0.1) is 23.0 Å². The van der Waals surface area contributed by atoms with Crippen LogP contribution in [0.5, 0.6) is 0 Å². The maximum absolute atomic E-state index is 14.2. The van der Waals surface area contributed by atoms with Crippen molar-refractivity contribution in [3.63, 3.8) is 0 Å². The van der Waals surface area contributed by atoms with Crippen molar-refractivity contribution in [3.8, 4) is 22.5 Å². The van der Waals surface area contributed by atoms with E-state index in [4.69, 9.17) is 5.73 Å². The first-order valence-electron chi connectivity index (χ1n) is 9.30. The Bertz CT molecular complexity index is 1210. The first-order valence-corrected chi connectivity index (χ1v) is 9.30. The van der Waals surface area contributed by atoms with E-state index in [0.717, 1.165) is 41.5 Å². The number of pyridine rings is 1. The summed E-state index contributed by atoms with van der Waals surface area (Å²) in [6, 6.07) is 2.07. The molecule has 0 atom stereocenters. The molecule has 9 heteroatoms. The lowest BCUT2D eigenvalue weighted by atomic mass is 9.95. The quantitative estimate of drug-likeness (QED) is 0.555. The summed E-state index contributed by atoms with van der Waals surface area (Å²) >= 11 is 0. The second-order valence-electron chi connectivity index (χ2n) is 7.36. The molecule has 0 bridgehead atoms. The number of halogens is 2. The molecule has 1 aromatic carbocycles. The van der Waals surface area contributed by atoms with Crippen molar-refractivity contribution in [1.29, 1.82) is 0 Å². The number of anilines is 1. The van der Waals surface area contributed by atoms with Crippen molar-refractivity contribution in [2.45, 2.75) is 0 Å². The Hall–Kier alpha value is -3.33. The van der Waals surface area contributed by atoms with Crippen molar-refractivity contribution in [1.82, 2.24) is 24.7 Å². The monoisotopic (exact) mass is 395 g/mol. The third-order valence-corrected chi connectivity index (χ3v) is 5.30. The number of hydrogen-bond acceptors (Lipinski definition) is 5. The third-order valence-electron chi connectivity index (χ3n) is 5.30. The summed E-state index contributed by atoms with van der Waals surface area (Å²) < 4.78 is 29.5. The van der Waals surface area contributed by atoms with Crippen LogP contribution in [0, 0.1) is 17.6 Å². The average Bonchev–Trinajstić information content (AvgIpc) is 3.27. The van der Waals surface area contributed by atoms with Crippen LogP contribution in [0.1, 0.15) is 0 Å². The second-order valence-corrected chi connectivity index (χ2v) is 7.36. The van der Waals surface area contributed by atoms with Gasteiger partial charge in [0.1, 0.15) is 17.2 Å². The normalized spacial score (nSPS) is 14.6. The first-order chi connectivity index (χ1) is 14.0. The minimum atomic E-state index is -0.701. The fourth-order valence-electron chi connectivity index (χ4n) is 3.81. The van der Waals surface area contributed by atoms with Gasteiger partial charge in [-0.2, -0.15) is 5.10 Å². The molecule has 0 amide bonds. The summed E-state index contributed by atoms with van der Waals surface area (Å²) in [4.78, 5) is 14.0. The van der Waals surface area contributed by atoms with Gasteiger partial charge in [0.2, 0.25) is 0 Å². The molecule has 4 heterocycles. The van der Waals surface area contributed by atoms with Gasteiger partial charge in [0, 0.05) is 61.8 Å². The lowest BCUT2D eigenvalue weighted by Crippen LogP contribution is -2.50. The van der Waals surface area contributed by atoms with E-state index in [1.807, 2.05) is 13.2 Å². The molecular weight excluding hydrogens is 376 g/mol. The molecule has 0 aliphatic carbocycles. The molecule has 29 heavy (non-hydrogen) atoms. The van der Waals surface area contributed by atoms with Crippen LogP contribution in [-0.4, -0.2) is 44.4 Å². The Morgan fingerprint density at radius 3 is 2.69 bits per heavy atom. The van der Waals surface area contributed by atoms with E-state index in [9.17, 15) is 8.78 Å². The summed E-state index contributed by atoms with van der Waals surface area (Å²) in [7, 11) is 1.85. The maximum atomic E-state index is 14.2. The summed E-state index contributed by atoms with van der Waals surface area (Å²) in [5.41, 5.74) is 9.68. The van der Waals surface area contributed by atoms with E-state index >= 15 is 0 Å². The van der Waals surface area contributed by atoms with E-state index in [-0.39, 0.29) is 5.52 Å². The highest BCUT2D eigenvalue weighted by Crippen LogP contribution is 2.41. The van der Waals surface area contributed by atoms with Gasteiger partial charge in [0.15, 0.2) is 5.82 Å². The zero-order chi connectivity index (χ0) is 20.1. The molecule has 7 nitrogen and oxygen atoms in total. The zero-order valence-corrected chi connectivity index (χ0v) is 15.7. The van der Waals surface area contributed by atoms with E-state index < -0.39 is 11.6 Å². The van der Waals surface area contributed by atoms with Gasteiger partial charge >= 0.3 is 0 Å². The van der Waals surface area contributed by atoms with E-state index in [1.165, 1.54) is 6.07 Å². The Balaban J connectivity index is 1.69. The summed E-state index contributed by atoms with van der Waals surface area (Å²) in [5.74, 6) is -0.498. The van der Waals surface area contributed by atoms with Crippen molar-refractivity contribution in [3.05, 3.63) is 48.6 Å². The maximum Gasteiger partial charge on any atom is 0.153 e. The van der Waals surface area contributed by atoms with Gasteiger partial charge in [-0.05, 0) is 12.6 Å². The van der Waals surface area contributed by atoms with Gasteiger partial charge in [-0.1, -0.05) is 0 Å².